The van der Waals surface area contributed by atoms with Crippen LogP contribution in [0.1, 0.15) is 211 Å². The van der Waals surface area contributed by atoms with E-state index in [0.717, 1.165) is 11.1 Å². The lowest BCUT2D eigenvalue weighted by molar-refractivity contribution is 0.546. The van der Waals surface area contributed by atoms with Gasteiger partial charge in [-0.15, -0.1) is 0 Å². The fourth-order valence-electron chi connectivity index (χ4n) is 5.48. The van der Waals surface area contributed by atoms with E-state index in [4.69, 9.17) is 0 Å². The van der Waals surface area contributed by atoms with Crippen molar-refractivity contribution in [2.24, 2.45) is 0 Å². The molecule has 57 heavy (non-hydrogen) atoms. The van der Waals surface area contributed by atoms with Crippen LogP contribution in [0.5, 0.6) is 0 Å². The third kappa shape index (κ3) is 18.0. The maximum Gasteiger partial charge on any atom is 0.123 e. The lowest BCUT2D eigenvalue weighted by Gasteiger charge is -2.24. The molecule has 0 N–H and O–H groups in total. The van der Waals surface area contributed by atoms with Gasteiger partial charge in [-0.25, -0.2) is 4.39 Å². The molecule has 0 saturated carbocycles. The van der Waals surface area contributed by atoms with Gasteiger partial charge >= 0.3 is 0 Å². The Labute approximate surface area is 352 Å². The Morgan fingerprint density at radius 1 is 0.333 bits per heavy atom. The van der Waals surface area contributed by atoms with E-state index in [1.807, 2.05) is 18.6 Å². The van der Waals surface area contributed by atoms with Crippen LogP contribution in [0.4, 0.5) is 4.39 Å². The predicted octanol–water partition coefficient (Wildman–Crippen LogP) is 16.1. The predicted molar refractivity (Wildman–Crippen MR) is 251 cm³/mol. The first-order valence-electron chi connectivity index (χ1n) is 21.1. The van der Waals surface area contributed by atoms with Crippen molar-refractivity contribution >= 4 is 0 Å². The lowest BCUT2D eigenvalue weighted by atomic mass is 9.81. The molecule has 2 aromatic carbocycles. The second-order valence-corrected chi connectivity index (χ2v) is 24.2. The first kappa shape index (κ1) is 51.7. The molecule has 0 aliphatic heterocycles. The standard InChI is InChI=1S/C14H21F.C14H22.2C13H21N/c1-13(2,3)10-7-11(14(4,5)6)9-12(15)8-10;1-13(2,3)11-8-7-9-12(10-11)14(4,5)6;1-12(2,3)10-7-11(9-14-8-10)13(4,5)6;1-12(2,3)10-7-8-14-11(9-10)13(4,5)6/h7-9H,1-6H3;7-10H,1-6H3;2*7-9H,1-6H3. The highest BCUT2D eigenvalue weighted by molar-refractivity contribution is 5.34. The number of rotatable bonds is 0. The molecule has 0 unspecified atom stereocenters. The molecule has 2 nitrogen and oxygen atoms in total. The normalized spacial score (nSPS) is 13.0. The highest BCUT2D eigenvalue weighted by atomic mass is 19.1. The van der Waals surface area contributed by atoms with Crippen LogP contribution >= 0.6 is 0 Å². The van der Waals surface area contributed by atoms with Crippen molar-refractivity contribution in [2.75, 3.05) is 0 Å². The summed E-state index contributed by atoms with van der Waals surface area (Å²) in [7, 11) is 0. The van der Waals surface area contributed by atoms with Gasteiger partial charge in [0.25, 0.3) is 0 Å². The number of nitrogens with zero attached hydrogens (tertiary/aromatic N) is 2. The molecule has 3 heteroatoms. The first-order valence-corrected chi connectivity index (χ1v) is 21.1. The van der Waals surface area contributed by atoms with E-state index in [0.29, 0.717) is 0 Å². The second-order valence-electron chi connectivity index (χ2n) is 24.2. The Kier molecular flexibility index (Phi) is 17.0. The number of halogens is 1. The Bertz CT molecular complexity index is 1560. The van der Waals surface area contributed by atoms with Crippen LogP contribution in [0.15, 0.2) is 79.3 Å². The van der Waals surface area contributed by atoms with Crippen LogP contribution in [0.3, 0.4) is 0 Å². The van der Waals surface area contributed by atoms with Crippen molar-refractivity contribution < 1.29 is 4.39 Å². The van der Waals surface area contributed by atoms with Gasteiger partial charge in [0, 0.05) is 29.7 Å². The molecule has 0 atom stereocenters. The van der Waals surface area contributed by atoms with E-state index in [1.54, 1.807) is 12.1 Å². The maximum atomic E-state index is 13.5. The van der Waals surface area contributed by atoms with Crippen molar-refractivity contribution in [1.29, 1.82) is 0 Å². The summed E-state index contributed by atoms with van der Waals surface area (Å²) in [4.78, 5) is 8.74. The largest absolute Gasteiger partial charge is 0.264 e. The molecule has 4 rings (SSSR count). The Balaban J connectivity index is 0.000000380. The topological polar surface area (TPSA) is 25.8 Å². The van der Waals surface area contributed by atoms with E-state index in [2.05, 4.69) is 225 Å². The molecule has 0 radical (unpaired) electrons. The minimum atomic E-state index is -0.132. The molecular weight excluding hydrogens is 696 g/mol. The molecule has 0 saturated heterocycles. The molecule has 0 aliphatic carbocycles. The summed E-state index contributed by atoms with van der Waals surface area (Å²) in [6.45, 7) is 52.8. The molecule has 318 valence electrons. The Morgan fingerprint density at radius 3 is 0.947 bits per heavy atom. The van der Waals surface area contributed by atoms with Gasteiger partial charge in [-0.05, 0) is 101 Å². The van der Waals surface area contributed by atoms with Crippen molar-refractivity contribution in [3.05, 3.63) is 130 Å². The smallest absolute Gasteiger partial charge is 0.123 e. The number of pyridine rings is 2. The van der Waals surface area contributed by atoms with E-state index in [9.17, 15) is 4.39 Å². The average Bonchev–Trinajstić information content (AvgIpc) is 3.02. The quantitative estimate of drug-likeness (QED) is 0.178. The summed E-state index contributed by atoms with van der Waals surface area (Å²) in [5.41, 5.74) is 11.4. The number of aromatic nitrogens is 2. The van der Waals surface area contributed by atoms with E-state index in [1.165, 1.54) is 33.5 Å². The van der Waals surface area contributed by atoms with E-state index in [-0.39, 0.29) is 49.1 Å². The van der Waals surface area contributed by atoms with Gasteiger partial charge in [0.1, 0.15) is 5.82 Å². The minimum absolute atomic E-state index is 0.00208. The monoisotopic (exact) mass is 781 g/mol. The van der Waals surface area contributed by atoms with Crippen molar-refractivity contribution in [3.8, 4) is 0 Å². The summed E-state index contributed by atoms with van der Waals surface area (Å²) in [5, 5.41) is 0. The molecule has 0 aliphatic rings. The molecule has 0 amide bonds. The van der Waals surface area contributed by atoms with Crippen LogP contribution in [-0.4, -0.2) is 9.97 Å². The van der Waals surface area contributed by atoms with Gasteiger partial charge in [-0.3, -0.25) is 9.97 Å². The molecule has 4 aromatic rings. The van der Waals surface area contributed by atoms with Crippen LogP contribution in [0.25, 0.3) is 0 Å². The van der Waals surface area contributed by atoms with Crippen LogP contribution in [-0.2, 0) is 43.3 Å². The highest BCUT2D eigenvalue weighted by Crippen LogP contribution is 2.32. The lowest BCUT2D eigenvalue weighted by Crippen LogP contribution is -2.17. The highest BCUT2D eigenvalue weighted by Gasteiger charge is 2.23. The maximum absolute atomic E-state index is 13.5. The molecular formula is C54H85FN2. The molecule has 0 bridgehead atoms. The first-order chi connectivity index (χ1) is 25.2. The number of hydrogen-bond acceptors (Lipinski definition) is 2. The van der Waals surface area contributed by atoms with Gasteiger partial charge in [0.2, 0.25) is 0 Å². The minimum Gasteiger partial charge on any atom is -0.264 e. The third-order valence-electron chi connectivity index (χ3n) is 10.1. The number of benzene rings is 2. The fourth-order valence-corrected chi connectivity index (χ4v) is 5.48. The SMILES string of the molecule is CC(C)(C)c1cc(F)cc(C(C)(C)C)c1.CC(C)(C)c1cccc(C(C)(C)C)c1.CC(C)(C)c1ccnc(C(C)(C)C)c1.CC(C)(C)c1cncc(C(C)(C)C)c1. The number of hydrogen-bond donors (Lipinski definition) is 0. The molecule has 2 heterocycles. The van der Waals surface area contributed by atoms with Gasteiger partial charge in [0.05, 0.1) is 0 Å². The van der Waals surface area contributed by atoms with Gasteiger partial charge in [-0.1, -0.05) is 203 Å². The summed E-state index contributed by atoms with van der Waals surface area (Å²) in [5.74, 6) is -0.132. The summed E-state index contributed by atoms with van der Waals surface area (Å²) >= 11 is 0. The zero-order valence-corrected chi connectivity index (χ0v) is 41.3. The average molecular weight is 781 g/mol. The molecule has 0 fully saturated rings. The van der Waals surface area contributed by atoms with Crippen molar-refractivity contribution in [3.63, 3.8) is 0 Å². The van der Waals surface area contributed by atoms with Gasteiger partial charge in [-0.2, -0.15) is 0 Å². The molecule has 2 aromatic heterocycles. The van der Waals surface area contributed by atoms with Crippen molar-refractivity contribution in [1.82, 2.24) is 9.97 Å². The van der Waals surface area contributed by atoms with Crippen LogP contribution < -0.4 is 0 Å². The Hall–Kier alpha value is -3.33. The van der Waals surface area contributed by atoms with Gasteiger partial charge < -0.3 is 0 Å². The second kappa shape index (κ2) is 18.7. The molecule has 0 spiro atoms. The van der Waals surface area contributed by atoms with Crippen LogP contribution in [0.2, 0.25) is 0 Å². The zero-order valence-electron chi connectivity index (χ0n) is 41.3. The van der Waals surface area contributed by atoms with Gasteiger partial charge in [0.15, 0.2) is 0 Å². The summed E-state index contributed by atoms with van der Waals surface area (Å²) in [6.07, 6.45) is 5.85. The third-order valence-corrected chi connectivity index (χ3v) is 10.1. The zero-order chi connectivity index (χ0) is 44.8. The van der Waals surface area contributed by atoms with Crippen LogP contribution in [0, 0.1) is 5.82 Å². The Morgan fingerprint density at radius 2 is 0.632 bits per heavy atom. The summed E-state index contributed by atoms with van der Waals surface area (Å²) < 4.78 is 13.5. The van der Waals surface area contributed by atoms with E-state index < -0.39 is 0 Å². The fraction of sp³-hybridized carbons (Fsp3) is 0.593. The van der Waals surface area contributed by atoms with Crippen molar-refractivity contribution in [2.45, 2.75) is 209 Å². The van der Waals surface area contributed by atoms with E-state index >= 15 is 0 Å². The summed E-state index contributed by atoms with van der Waals surface area (Å²) in [6, 6.07) is 20.9.